The van der Waals surface area contributed by atoms with Crippen LogP contribution in [0.3, 0.4) is 0 Å². The standard InChI is InChI=1S/C31H34FN3O7/c1-34(2)25-20-13-17-12-19-18(16-6-4-15(5-7-16)14-35(3)11-10-32)8-9-21(36)23(19)26(37)22(17)28(39)31(20,42)29(40)24(27(25)38)30(33)41/h4-9,17,20,22,24-25,36,42H,10-14H2,1-3H3,(H2,33,41)/t17-,20-,22?,24?,25-,31-/m0/s1. The molecule has 0 spiro atoms. The lowest BCUT2D eigenvalue weighted by molar-refractivity contribution is -0.181. The van der Waals surface area contributed by atoms with Crippen molar-refractivity contribution in [3.8, 4) is 16.9 Å². The highest BCUT2D eigenvalue weighted by Crippen LogP contribution is 2.51. The summed E-state index contributed by atoms with van der Waals surface area (Å²) in [7, 11) is 4.91. The molecule has 11 heteroatoms. The number of benzene rings is 2. The molecule has 0 aromatic heterocycles. The Kier molecular flexibility index (Phi) is 7.63. The molecule has 0 saturated heterocycles. The number of aliphatic hydroxyl groups is 1. The van der Waals surface area contributed by atoms with Crippen LogP contribution in [0.2, 0.25) is 0 Å². The lowest BCUT2D eigenvalue weighted by atomic mass is 9.52. The molecule has 2 unspecified atom stereocenters. The second-order valence-corrected chi connectivity index (χ2v) is 11.9. The predicted molar refractivity (Wildman–Crippen MR) is 149 cm³/mol. The molecule has 0 aliphatic heterocycles. The number of halogens is 1. The largest absolute Gasteiger partial charge is 0.507 e. The average molecular weight is 580 g/mol. The van der Waals surface area contributed by atoms with Crippen LogP contribution in [0, 0.1) is 23.7 Å². The first kappa shape index (κ1) is 29.7. The summed E-state index contributed by atoms with van der Waals surface area (Å²) in [6.45, 7) is 0.407. The smallest absolute Gasteiger partial charge is 0.235 e. The lowest BCUT2D eigenvalue weighted by Crippen LogP contribution is -2.74. The van der Waals surface area contributed by atoms with Crippen molar-refractivity contribution < 1.29 is 38.6 Å². The zero-order chi connectivity index (χ0) is 30.7. The van der Waals surface area contributed by atoms with E-state index in [4.69, 9.17) is 5.73 Å². The molecular weight excluding hydrogens is 545 g/mol. The molecule has 2 fully saturated rings. The van der Waals surface area contributed by atoms with Crippen molar-refractivity contribution in [3.63, 3.8) is 0 Å². The number of carbonyl (C=O) groups is 5. The first-order valence-corrected chi connectivity index (χ1v) is 13.9. The van der Waals surface area contributed by atoms with Crippen molar-refractivity contribution >= 4 is 29.0 Å². The van der Waals surface area contributed by atoms with Crippen LogP contribution in [0.15, 0.2) is 36.4 Å². The van der Waals surface area contributed by atoms with Gasteiger partial charge in [0.2, 0.25) is 5.91 Å². The van der Waals surface area contributed by atoms with Gasteiger partial charge in [-0.1, -0.05) is 30.3 Å². The van der Waals surface area contributed by atoms with Gasteiger partial charge in [0.25, 0.3) is 0 Å². The normalized spacial score (nSPS) is 29.0. The number of amides is 1. The van der Waals surface area contributed by atoms with Crippen LogP contribution in [0.25, 0.3) is 11.1 Å². The fraction of sp³-hybridized carbons (Fsp3) is 0.452. The topological polar surface area (TPSA) is 158 Å². The van der Waals surface area contributed by atoms with Gasteiger partial charge in [-0.25, -0.2) is 4.39 Å². The highest BCUT2D eigenvalue weighted by molar-refractivity contribution is 6.32. The third-order valence-corrected chi connectivity index (χ3v) is 9.13. The molecule has 2 aromatic rings. The second-order valence-electron chi connectivity index (χ2n) is 11.9. The molecule has 1 amide bonds. The van der Waals surface area contributed by atoms with E-state index in [9.17, 15) is 38.6 Å². The van der Waals surface area contributed by atoms with E-state index >= 15 is 0 Å². The molecule has 2 aromatic carbocycles. The number of phenols is 1. The minimum atomic E-state index is -2.75. The number of hydrogen-bond donors (Lipinski definition) is 3. The quantitative estimate of drug-likeness (QED) is 0.406. The number of fused-ring (bicyclic) bond motifs is 3. The van der Waals surface area contributed by atoms with Crippen LogP contribution in [0.1, 0.15) is 27.9 Å². The molecule has 42 heavy (non-hydrogen) atoms. The van der Waals surface area contributed by atoms with E-state index in [1.54, 1.807) is 20.2 Å². The molecule has 2 saturated carbocycles. The van der Waals surface area contributed by atoms with E-state index in [0.29, 0.717) is 24.2 Å². The Morgan fingerprint density at radius 1 is 1.05 bits per heavy atom. The van der Waals surface area contributed by atoms with Gasteiger partial charge in [0.15, 0.2) is 34.7 Å². The van der Waals surface area contributed by atoms with Gasteiger partial charge in [-0.3, -0.25) is 33.8 Å². The van der Waals surface area contributed by atoms with Crippen molar-refractivity contribution in [3.05, 3.63) is 53.1 Å². The van der Waals surface area contributed by atoms with Crippen LogP contribution in [0.5, 0.6) is 5.75 Å². The molecule has 10 nitrogen and oxygen atoms in total. The maximum Gasteiger partial charge on any atom is 0.235 e. The molecule has 3 aliphatic rings. The van der Waals surface area contributed by atoms with Crippen molar-refractivity contribution in [2.45, 2.75) is 31.0 Å². The summed E-state index contributed by atoms with van der Waals surface area (Å²) in [6.07, 6.45) is 0.162. The first-order chi connectivity index (χ1) is 19.8. The van der Waals surface area contributed by atoms with Crippen molar-refractivity contribution in [1.82, 2.24) is 9.80 Å². The summed E-state index contributed by atoms with van der Waals surface area (Å²) < 4.78 is 12.7. The van der Waals surface area contributed by atoms with E-state index < -0.39 is 71.0 Å². The van der Waals surface area contributed by atoms with Gasteiger partial charge in [0, 0.05) is 19.0 Å². The van der Waals surface area contributed by atoms with Crippen molar-refractivity contribution in [2.24, 2.45) is 29.4 Å². The Hall–Kier alpha value is -3.80. The molecule has 4 N–H and O–H groups in total. The Labute approximate surface area is 242 Å². The maximum absolute atomic E-state index is 13.9. The number of rotatable bonds is 7. The summed E-state index contributed by atoms with van der Waals surface area (Å²) in [5.41, 5.74) is 5.50. The number of nitrogens with zero attached hydrogens (tertiary/aromatic N) is 2. The van der Waals surface area contributed by atoms with Gasteiger partial charge in [-0.2, -0.15) is 0 Å². The molecule has 0 radical (unpaired) electrons. The molecule has 6 atom stereocenters. The van der Waals surface area contributed by atoms with E-state index in [-0.39, 0.29) is 24.2 Å². The van der Waals surface area contributed by atoms with Crippen LogP contribution in [-0.2, 0) is 32.1 Å². The van der Waals surface area contributed by atoms with Gasteiger partial charge < -0.3 is 15.9 Å². The van der Waals surface area contributed by atoms with Crippen LogP contribution in [-0.4, -0.2) is 95.1 Å². The molecule has 5 rings (SSSR count). The maximum atomic E-state index is 13.9. The summed E-state index contributed by atoms with van der Waals surface area (Å²) in [4.78, 5) is 69.9. The Morgan fingerprint density at radius 3 is 2.31 bits per heavy atom. The van der Waals surface area contributed by atoms with E-state index in [2.05, 4.69) is 0 Å². The highest BCUT2D eigenvalue weighted by Gasteiger charge is 2.69. The Balaban J connectivity index is 1.56. The average Bonchev–Trinajstić information content (AvgIpc) is 2.91. The van der Waals surface area contributed by atoms with Crippen LogP contribution >= 0.6 is 0 Å². The molecule has 3 aliphatic carbocycles. The van der Waals surface area contributed by atoms with E-state index in [0.717, 1.165) is 11.1 Å². The lowest BCUT2D eigenvalue weighted by Gasteiger charge is -2.52. The number of hydrogen-bond acceptors (Lipinski definition) is 9. The summed E-state index contributed by atoms with van der Waals surface area (Å²) >= 11 is 0. The number of phenolic OH excluding ortho intramolecular Hbond substituents is 1. The third kappa shape index (κ3) is 4.47. The van der Waals surface area contributed by atoms with Crippen LogP contribution in [0.4, 0.5) is 4.39 Å². The number of Topliss-reactive ketones (excluding diaryl/α,β-unsaturated/α-hetero) is 4. The zero-order valence-electron chi connectivity index (χ0n) is 23.7. The summed E-state index contributed by atoms with van der Waals surface area (Å²) in [6, 6.07) is 9.46. The molecule has 0 heterocycles. The number of carbonyl (C=O) groups excluding carboxylic acids is 5. The van der Waals surface area contributed by atoms with Gasteiger partial charge in [0.1, 0.15) is 12.4 Å². The zero-order valence-corrected chi connectivity index (χ0v) is 23.7. The third-order valence-electron chi connectivity index (χ3n) is 9.13. The summed E-state index contributed by atoms with van der Waals surface area (Å²) in [5.74, 6) is -10.7. The first-order valence-electron chi connectivity index (χ1n) is 13.9. The molecule has 0 bridgehead atoms. The van der Waals surface area contributed by atoms with E-state index in [1.165, 1.54) is 11.0 Å². The van der Waals surface area contributed by atoms with Gasteiger partial charge >= 0.3 is 0 Å². The fourth-order valence-corrected chi connectivity index (χ4v) is 7.20. The van der Waals surface area contributed by atoms with Gasteiger partial charge in [0.05, 0.1) is 17.5 Å². The second kappa shape index (κ2) is 10.8. The van der Waals surface area contributed by atoms with E-state index in [1.807, 2.05) is 36.2 Å². The number of primary amides is 1. The van der Waals surface area contributed by atoms with Gasteiger partial charge in [-0.05, 0) is 68.2 Å². The SMILES string of the molecule is CN(CCF)Cc1ccc(-c2ccc(O)c3c2C[C@H]2C[C@H]4[C@H](N(C)C)C(=O)C(C(N)=O)C(=O)[C@@]4(O)C(=O)C2C3=O)cc1. The van der Waals surface area contributed by atoms with Crippen LogP contribution < -0.4 is 5.73 Å². The minimum Gasteiger partial charge on any atom is -0.507 e. The number of ketones is 4. The van der Waals surface area contributed by atoms with Crippen molar-refractivity contribution in [2.75, 3.05) is 34.4 Å². The Bertz CT molecular complexity index is 1490. The fourth-order valence-electron chi connectivity index (χ4n) is 7.20. The molecular formula is C31H34FN3O7. The Morgan fingerprint density at radius 2 is 1.71 bits per heavy atom. The molecule has 222 valence electrons. The number of nitrogens with two attached hydrogens (primary N) is 1. The number of alkyl halides is 1. The highest BCUT2D eigenvalue weighted by atomic mass is 19.1. The monoisotopic (exact) mass is 579 g/mol. The van der Waals surface area contributed by atoms with Crippen molar-refractivity contribution in [1.29, 1.82) is 0 Å². The number of likely N-dealkylation sites (N-methyl/N-ethyl adjacent to an activating group) is 1. The summed E-state index contributed by atoms with van der Waals surface area (Å²) in [5, 5.41) is 22.5. The predicted octanol–water partition coefficient (Wildman–Crippen LogP) is 0.935. The van der Waals surface area contributed by atoms with Gasteiger partial charge in [-0.15, -0.1) is 0 Å². The number of aromatic hydroxyl groups is 1. The minimum absolute atomic E-state index is 0.0150.